The van der Waals surface area contributed by atoms with Crippen LogP contribution in [0.15, 0.2) is 66.7 Å². The average Bonchev–Trinajstić information content (AvgIpc) is 3.25. The summed E-state index contributed by atoms with van der Waals surface area (Å²) in [6.07, 6.45) is 5.80. The lowest BCUT2D eigenvalue weighted by Gasteiger charge is -2.11. The number of nitrogens with one attached hydrogen (secondary N) is 1. The quantitative estimate of drug-likeness (QED) is 0.205. The van der Waals surface area contributed by atoms with Crippen molar-refractivity contribution in [3.8, 4) is 5.75 Å². The van der Waals surface area contributed by atoms with Gasteiger partial charge in [-0.25, -0.2) is 9.37 Å². The highest BCUT2D eigenvalue weighted by Crippen LogP contribution is 2.20. The Morgan fingerprint density at radius 3 is 2.54 bits per heavy atom. The number of ether oxygens (including phenoxy) is 1. The molecule has 1 aromatic heterocycles. The predicted octanol–water partition coefficient (Wildman–Crippen LogP) is 6.79. The monoisotopic (exact) mass is 501 g/mol. The molecule has 0 aliphatic carbocycles. The van der Waals surface area contributed by atoms with Gasteiger partial charge in [-0.3, -0.25) is 4.79 Å². The number of amides is 1. The van der Waals surface area contributed by atoms with Gasteiger partial charge in [-0.05, 0) is 99.2 Å². The molecule has 0 saturated carbocycles. The number of unbranched alkanes of at least 4 members (excludes halogenated alkanes) is 3. The van der Waals surface area contributed by atoms with Gasteiger partial charge in [-0.15, -0.1) is 0 Å². The molecule has 0 aliphatic rings. The highest BCUT2D eigenvalue weighted by molar-refractivity contribution is 5.94. The van der Waals surface area contributed by atoms with Gasteiger partial charge in [0.15, 0.2) is 0 Å². The number of fused-ring (bicyclic) bond motifs is 1. The average molecular weight is 502 g/mol. The number of carbonyl (C=O) groups is 1. The number of benzene rings is 3. The van der Waals surface area contributed by atoms with Crippen LogP contribution in [0.1, 0.15) is 59.4 Å². The number of aryl methyl sites for hydroxylation is 4. The molecule has 1 heterocycles. The predicted molar refractivity (Wildman–Crippen MR) is 147 cm³/mol. The van der Waals surface area contributed by atoms with E-state index in [1.807, 2.05) is 12.1 Å². The Morgan fingerprint density at radius 2 is 1.73 bits per heavy atom. The van der Waals surface area contributed by atoms with Gasteiger partial charge in [0, 0.05) is 25.1 Å². The number of halogens is 1. The molecule has 37 heavy (non-hydrogen) atoms. The van der Waals surface area contributed by atoms with Crippen molar-refractivity contribution in [2.24, 2.45) is 0 Å². The van der Waals surface area contributed by atoms with E-state index in [1.54, 1.807) is 0 Å². The number of rotatable bonds is 13. The van der Waals surface area contributed by atoms with E-state index in [1.165, 1.54) is 40.9 Å². The number of aromatic nitrogens is 2. The molecule has 3 aromatic carbocycles. The van der Waals surface area contributed by atoms with Crippen molar-refractivity contribution in [2.45, 2.75) is 58.9 Å². The van der Waals surface area contributed by atoms with Gasteiger partial charge in [0.05, 0.1) is 17.6 Å². The molecule has 0 aliphatic heterocycles. The second kappa shape index (κ2) is 13.0. The maximum Gasteiger partial charge on any atom is 0.251 e. The van der Waals surface area contributed by atoms with E-state index < -0.39 is 0 Å². The van der Waals surface area contributed by atoms with Crippen LogP contribution < -0.4 is 10.1 Å². The van der Waals surface area contributed by atoms with Gasteiger partial charge in [0.2, 0.25) is 0 Å². The van der Waals surface area contributed by atoms with E-state index in [9.17, 15) is 9.18 Å². The summed E-state index contributed by atoms with van der Waals surface area (Å²) in [6.45, 7) is 6.44. The molecule has 6 heteroatoms. The lowest BCUT2D eigenvalue weighted by Crippen LogP contribution is -2.24. The molecule has 4 aromatic rings. The molecule has 0 atom stereocenters. The first kappa shape index (κ1) is 26.4. The second-order valence-electron chi connectivity index (χ2n) is 9.54. The minimum Gasteiger partial charge on any atom is -0.494 e. The smallest absolute Gasteiger partial charge is 0.251 e. The molecular formula is C31H36FN3O2. The zero-order valence-corrected chi connectivity index (χ0v) is 21.8. The van der Waals surface area contributed by atoms with Gasteiger partial charge in [0.25, 0.3) is 5.91 Å². The largest absolute Gasteiger partial charge is 0.494 e. The first-order valence-electron chi connectivity index (χ1n) is 13.2. The molecule has 0 spiro atoms. The first-order valence-corrected chi connectivity index (χ1v) is 13.2. The summed E-state index contributed by atoms with van der Waals surface area (Å²) < 4.78 is 21.3. The Kier molecular flexibility index (Phi) is 9.30. The van der Waals surface area contributed by atoms with E-state index in [0.29, 0.717) is 18.7 Å². The van der Waals surface area contributed by atoms with Crippen molar-refractivity contribution in [3.05, 3.63) is 95.1 Å². The molecular weight excluding hydrogens is 465 g/mol. The summed E-state index contributed by atoms with van der Waals surface area (Å²) in [4.78, 5) is 17.1. The molecule has 1 N–H and O–H groups in total. The third-order valence-electron chi connectivity index (χ3n) is 6.73. The maximum atomic E-state index is 13.0. The molecule has 0 radical (unpaired) electrons. The second-order valence-corrected chi connectivity index (χ2v) is 9.54. The third kappa shape index (κ3) is 7.42. The van der Waals surface area contributed by atoms with E-state index in [0.717, 1.165) is 62.2 Å². The minimum absolute atomic E-state index is 0.164. The van der Waals surface area contributed by atoms with Crippen molar-refractivity contribution < 1.29 is 13.9 Å². The van der Waals surface area contributed by atoms with E-state index in [4.69, 9.17) is 9.72 Å². The molecule has 1 amide bonds. The van der Waals surface area contributed by atoms with Crippen molar-refractivity contribution in [3.63, 3.8) is 0 Å². The van der Waals surface area contributed by atoms with Crippen molar-refractivity contribution in [1.82, 2.24) is 14.9 Å². The number of para-hydroxylation sites is 2. The van der Waals surface area contributed by atoms with E-state index in [2.05, 4.69) is 54.1 Å². The van der Waals surface area contributed by atoms with Crippen LogP contribution >= 0.6 is 0 Å². The lowest BCUT2D eigenvalue weighted by atomic mass is 10.1. The number of imidazole rings is 1. The third-order valence-corrected chi connectivity index (χ3v) is 6.73. The fourth-order valence-electron chi connectivity index (χ4n) is 4.42. The van der Waals surface area contributed by atoms with Crippen LogP contribution in [0, 0.1) is 19.7 Å². The zero-order chi connectivity index (χ0) is 26.0. The minimum atomic E-state index is -0.340. The summed E-state index contributed by atoms with van der Waals surface area (Å²) >= 11 is 0. The van der Waals surface area contributed by atoms with Crippen LogP contribution in [-0.4, -0.2) is 28.6 Å². The SMILES string of the molecule is Cc1ccc(OCCCCn2c(CCCCCNC(=O)c3ccc(F)cc3)nc3ccccc32)cc1C. The van der Waals surface area contributed by atoms with Gasteiger partial charge in [-0.1, -0.05) is 24.6 Å². The topological polar surface area (TPSA) is 56.1 Å². The number of hydrogen-bond donors (Lipinski definition) is 1. The molecule has 0 unspecified atom stereocenters. The Hall–Kier alpha value is -3.67. The molecule has 5 nitrogen and oxygen atoms in total. The Balaban J connectivity index is 1.22. The van der Waals surface area contributed by atoms with Gasteiger partial charge in [-0.2, -0.15) is 0 Å². The fraction of sp³-hybridized carbons (Fsp3) is 0.355. The van der Waals surface area contributed by atoms with Gasteiger partial charge < -0.3 is 14.6 Å². The molecule has 4 rings (SSSR count). The Labute approximate surface area is 218 Å². The normalized spacial score (nSPS) is 11.1. The summed E-state index contributed by atoms with van der Waals surface area (Å²) in [5.41, 5.74) is 5.23. The van der Waals surface area contributed by atoms with Crippen LogP contribution in [0.2, 0.25) is 0 Å². The highest BCUT2D eigenvalue weighted by atomic mass is 19.1. The summed E-state index contributed by atoms with van der Waals surface area (Å²) in [5.74, 6) is 1.55. The van der Waals surface area contributed by atoms with Crippen LogP contribution in [0.5, 0.6) is 5.75 Å². The summed E-state index contributed by atoms with van der Waals surface area (Å²) in [7, 11) is 0. The van der Waals surface area contributed by atoms with Crippen molar-refractivity contribution in [1.29, 1.82) is 0 Å². The molecule has 0 saturated heterocycles. The van der Waals surface area contributed by atoms with Crippen LogP contribution in [0.4, 0.5) is 4.39 Å². The molecule has 194 valence electrons. The maximum absolute atomic E-state index is 13.0. The van der Waals surface area contributed by atoms with E-state index in [-0.39, 0.29) is 11.7 Å². The molecule has 0 fully saturated rings. The lowest BCUT2D eigenvalue weighted by molar-refractivity contribution is 0.0953. The highest BCUT2D eigenvalue weighted by Gasteiger charge is 2.10. The number of hydrogen-bond acceptors (Lipinski definition) is 3. The van der Waals surface area contributed by atoms with Crippen molar-refractivity contribution >= 4 is 16.9 Å². The van der Waals surface area contributed by atoms with Crippen LogP contribution in [-0.2, 0) is 13.0 Å². The first-order chi connectivity index (χ1) is 18.0. The molecule has 0 bridgehead atoms. The Bertz CT molecular complexity index is 1310. The summed E-state index contributed by atoms with van der Waals surface area (Å²) in [6, 6.07) is 20.2. The standard InChI is InChI=1S/C31H36FN3O2/c1-23-13-18-27(22-24(23)2)37-21-9-8-20-35-29-11-6-5-10-28(29)34-30(35)12-4-3-7-19-33-31(36)25-14-16-26(32)17-15-25/h5-6,10-11,13-18,22H,3-4,7-9,12,19-21H2,1-2H3,(H,33,36). The van der Waals surface area contributed by atoms with E-state index >= 15 is 0 Å². The van der Waals surface area contributed by atoms with Crippen LogP contribution in [0.25, 0.3) is 11.0 Å². The fourth-order valence-corrected chi connectivity index (χ4v) is 4.42. The van der Waals surface area contributed by atoms with Crippen LogP contribution in [0.3, 0.4) is 0 Å². The Morgan fingerprint density at radius 1 is 0.919 bits per heavy atom. The zero-order valence-electron chi connectivity index (χ0n) is 21.8. The number of carbonyl (C=O) groups excluding carboxylic acids is 1. The van der Waals surface area contributed by atoms with Gasteiger partial charge >= 0.3 is 0 Å². The number of nitrogens with zero attached hydrogens (tertiary/aromatic N) is 2. The van der Waals surface area contributed by atoms with Gasteiger partial charge in [0.1, 0.15) is 17.4 Å². The summed E-state index contributed by atoms with van der Waals surface area (Å²) in [5, 5.41) is 2.91. The van der Waals surface area contributed by atoms with Crippen molar-refractivity contribution in [2.75, 3.05) is 13.2 Å².